The summed E-state index contributed by atoms with van der Waals surface area (Å²) >= 11 is 0. The molecule has 1 aliphatic rings. The van der Waals surface area contributed by atoms with Gasteiger partial charge in [0, 0.05) is 16.8 Å². The van der Waals surface area contributed by atoms with Gasteiger partial charge in [-0.2, -0.15) is 0 Å². The average Bonchev–Trinajstić information content (AvgIpc) is 2.59. The Morgan fingerprint density at radius 3 is 2.11 bits per heavy atom. The molecule has 27 heavy (non-hydrogen) atoms. The summed E-state index contributed by atoms with van der Waals surface area (Å²) in [5.74, 6) is -1.12. The van der Waals surface area contributed by atoms with Gasteiger partial charge in [0.2, 0.25) is 0 Å². The van der Waals surface area contributed by atoms with Crippen molar-refractivity contribution in [1.82, 2.24) is 0 Å². The first-order valence-corrected chi connectivity index (χ1v) is 9.20. The molecule has 2 aromatic carbocycles. The van der Waals surface area contributed by atoms with Crippen LogP contribution in [-0.4, -0.2) is 30.7 Å². The van der Waals surface area contributed by atoms with Crippen LogP contribution in [0.25, 0.3) is 0 Å². The molecule has 0 bridgehead atoms. The van der Waals surface area contributed by atoms with Crippen molar-refractivity contribution in [3.8, 4) is 0 Å². The van der Waals surface area contributed by atoms with E-state index in [-0.39, 0.29) is 57.5 Å². The molecule has 0 aliphatic heterocycles. The fourth-order valence-electron chi connectivity index (χ4n) is 2.92. The van der Waals surface area contributed by atoms with E-state index in [4.69, 9.17) is 11.5 Å². The molecule has 8 nitrogen and oxygen atoms in total. The number of anilines is 2. The summed E-state index contributed by atoms with van der Waals surface area (Å²) in [5.41, 5.74) is 11.0. The number of benzene rings is 2. The summed E-state index contributed by atoms with van der Waals surface area (Å²) in [6.07, 6.45) is -0.165. The molecule has 0 fully saturated rings. The van der Waals surface area contributed by atoms with E-state index >= 15 is 0 Å². The van der Waals surface area contributed by atoms with Gasteiger partial charge in [0.1, 0.15) is 10.1 Å². The molecule has 3 rings (SSSR count). The molecule has 0 heterocycles. The van der Waals surface area contributed by atoms with Crippen LogP contribution in [0.4, 0.5) is 11.4 Å². The van der Waals surface area contributed by atoms with Crippen molar-refractivity contribution in [1.29, 1.82) is 0 Å². The Hall–Kier alpha value is -1.75. The van der Waals surface area contributed by atoms with Crippen LogP contribution in [0.15, 0.2) is 35.2 Å². The normalized spacial score (nSPS) is 14.0. The topological polar surface area (TPSA) is 155 Å². The van der Waals surface area contributed by atoms with E-state index in [1.807, 2.05) is 0 Å². The molecule has 10 heteroatoms. The van der Waals surface area contributed by atoms with Crippen LogP contribution in [0.1, 0.15) is 45.2 Å². The first kappa shape index (κ1) is 21.5. The number of nitrogen functional groups attached to an aromatic ring is 1. The van der Waals surface area contributed by atoms with Gasteiger partial charge in [-0.15, -0.1) is 0 Å². The van der Waals surface area contributed by atoms with Gasteiger partial charge in [-0.25, -0.2) is 8.42 Å². The van der Waals surface area contributed by atoms with Gasteiger partial charge >= 0.3 is 29.6 Å². The van der Waals surface area contributed by atoms with Crippen molar-refractivity contribution in [2.24, 2.45) is 5.73 Å². The van der Waals surface area contributed by atoms with E-state index < -0.39 is 38.4 Å². The van der Waals surface area contributed by atoms with Crippen LogP contribution in [0.2, 0.25) is 0 Å². The third-order valence-electron chi connectivity index (χ3n) is 4.25. The van der Waals surface area contributed by atoms with E-state index in [1.165, 1.54) is 12.1 Å². The van der Waals surface area contributed by atoms with Crippen molar-refractivity contribution in [2.75, 3.05) is 11.1 Å². The summed E-state index contributed by atoms with van der Waals surface area (Å²) in [6.45, 7) is 1.77. The van der Waals surface area contributed by atoms with Crippen LogP contribution in [-0.2, 0) is 10.1 Å². The number of nitrogens with one attached hydrogen (secondary N) is 1. The first-order valence-electron chi connectivity index (χ1n) is 7.79. The molecule has 2 aromatic rings. The minimum Gasteiger partial charge on any atom is -0.744 e. The molecule has 0 amide bonds. The smallest absolute Gasteiger partial charge is 0.744 e. The molecule has 0 spiro atoms. The third kappa shape index (κ3) is 3.66. The van der Waals surface area contributed by atoms with Gasteiger partial charge in [-0.05, 0) is 12.5 Å². The summed E-state index contributed by atoms with van der Waals surface area (Å²) in [5, 5.41) is 2.79. The number of hydrogen-bond donors (Lipinski definition) is 3. The maximum absolute atomic E-state index is 12.9. The van der Waals surface area contributed by atoms with Crippen LogP contribution in [0, 0.1) is 0 Å². The SMILES string of the molecule is CCC(N)Nc1cc(S(=O)(=O)[O-])c(N)c2c1C(=O)c1ccccc1C2=O.[Na+]. The van der Waals surface area contributed by atoms with Crippen molar-refractivity contribution >= 4 is 33.1 Å². The number of carbonyl (C=O) groups is 2. The number of rotatable bonds is 4. The predicted molar refractivity (Wildman–Crippen MR) is 94.0 cm³/mol. The average molecular weight is 397 g/mol. The molecule has 136 valence electrons. The van der Waals surface area contributed by atoms with Crippen molar-refractivity contribution in [3.05, 3.63) is 52.6 Å². The Morgan fingerprint density at radius 1 is 1.11 bits per heavy atom. The minimum atomic E-state index is -4.97. The molecule has 0 radical (unpaired) electrons. The molecule has 0 saturated carbocycles. The van der Waals surface area contributed by atoms with Gasteiger partial charge in [-0.3, -0.25) is 9.59 Å². The molecular weight excluding hydrogens is 381 g/mol. The zero-order valence-corrected chi connectivity index (χ0v) is 17.6. The summed E-state index contributed by atoms with van der Waals surface area (Å²) < 4.78 is 34.8. The monoisotopic (exact) mass is 397 g/mol. The van der Waals surface area contributed by atoms with E-state index in [0.29, 0.717) is 6.42 Å². The minimum absolute atomic E-state index is 0. The molecule has 0 aromatic heterocycles. The predicted octanol–water partition coefficient (Wildman–Crippen LogP) is -1.94. The van der Waals surface area contributed by atoms with Crippen LogP contribution in [0.3, 0.4) is 0 Å². The van der Waals surface area contributed by atoms with Crippen molar-refractivity contribution < 1.29 is 52.1 Å². The van der Waals surface area contributed by atoms with E-state index in [2.05, 4.69) is 5.32 Å². The fraction of sp³-hybridized carbons (Fsp3) is 0.176. The number of hydrogen-bond acceptors (Lipinski definition) is 8. The zero-order valence-electron chi connectivity index (χ0n) is 14.8. The van der Waals surface area contributed by atoms with Crippen LogP contribution >= 0.6 is 0 Å². The summed E-state index contributed by atoms with van der Waals surface area (Å²) in [6, 6.07) is 7.09. The largest absolute Gasteiger partial charge is 1.00 e. The van der Waals surface area contributed by atoms with E-state index in [0.717, 1.165) is 6.07 Å². The first-order chi connectivity index (χ1) is 12.2. The van der Waals surface area contributed by atoms with Crippen LogP contribution < -0.4 is 46.3 Å². The van der Waals surface area contributed by atoms with Gasteiger partial charge in [-0.1, -0.05) is 31.2 Å². The number of fused-ring (bicyclic) bond motifs is 2. The molecule has 1 unspecified atom stereocenters. The van der Waals surface area contributed by atoms with E-state index in [9.17, 15) is 22.6 Å². The van der Waals surface area contributed by atoms with Gasteiger partial charge in [0.15, 0.2) is 11.6 Å². The Bertz CT molecular complexity index is 1050. The molecule has 1 aliphatic carbocycles. The van der Waals surface area contributed by atoms with Gasteiger partial charge < -0.3 is 21.3 Å². The number of ketones is 2. The molecule has 1 atom stereocenters. The maximum Gasteiger partial charge on any atom is 1.00 e. The number of carbonyl (C=O) groups excluding carboxylic acids is 2. The third-order valence-corrected chi connectivity index (χ3v) is 5.13. The second-order valence-electron chi connectivity index (χ2n) is 5.90. The van der Waals surface area contributed by atoms with Crippen molar-refractivity contribution in [3.63, 3.8) is 0 Å². The fourth-order valence-corrected chi connectivity index (χ4v) is 3.55. The Balaban J connectivity index is 0.00000261. The zero-order chi connectivity index (χ0) is 19.2. The number of nitrogens with two attached hydrogens (primary N) is 2. The maximum atomic E-state index is 12.9. The standard InChI is InChI=1S/C17H17N3O5S.Na/c1-2-12(18)20-10-7-11(26(23,24)25)15(19)14-13(10)16(21)8-5-3-4-6-9(8)17(14)22;/h3-7,12,20H,2,18-19H2,1H3,(H,23,24,25);/q;+1/p-1. The van der Waals surface area contributed by atoms with E-state index in [1.54, 1.807) is 19.1 Å². The Labute approximate surface area is 178 Å². The molecule has 0 saturated heterocycles. The van der Waals surface area contributed by atoms with Crippen LogP contribution in [0.5, 0.6) is 0 Å². The summed E-state index contributed by atoms with van der Waals surface area (Å²) in [7, 11) is -4.97. The quantitative estimate of drug-likeness (QED) is 0.199. The Morgan fingerprint density at radius 2 is 1.63 bits per heavy atom. The molecular formula is C17H16N3NaO5S. The Kier molecular flexibility index (Phi) is 6.15. The second kappa shape index (κ2) is 7.70. The van der Waals surface area contributed by atoms with Gasteiger partial charge in [0.25, 0.3) is 0 Å². The van der Waals surface area contributed by atoms with Gasteiger partial charge in [0.05, 0.1) is 27.9 Å². The molecule has 5 N–H and O–H groups in total. The summed E-state index contributed by atoms with van der Waals surface area (Å²) in [4.78, 5) is 25.1. The second-order valence-corrected chi connectivity index (χ2v) is 7.25. The van der Waals surface area contributed by atoms with Crippen molar-refractivity contribution in [2.45, 2.75) is 24.4 Å².